The number of carbonyl (C=O) groups is 1. The highest BCUT2D eigenvalue weighted by Gasteiger charge is 2.41. The average molecular weight is 368 g/mol. The van der Waals surface area contributed by atoms with Crippen LogP contribution < -0.4 is 10.6 Å². The Bertz CT molecular complexity index is 842. The third-order valence-electron chi connectivity index (χ3n) is 5.24. The maximum absolute atomic E-state index is 13.0. The Morgan fingerprint density at radius 1 is 1.04 bits per heavy atom. The van der Waals surface area contributed by atoms with Gasteiger partial charge in [-0.25, -0.2) is 0 Å². The van der Waals surface area contributed by atoms with Crippen LogP contribution in [0.4, 0.5) is 5.69 Å². The molecule has 2 aliphatic heterocycles. The monoisotopic (exact) mass is 367 g/mol. The highest BCUT2D eigenvalue weighted by Crippen LogP contribution is 2.33. The van der Waals surface area contributed by atoms with E-state index < -0.39 is 5.54 Å². The third kappa shape index (κ3) is 3.39. The first-order valence-corrected chi connectivity index (χ1v) is 9.49. The molecule has 1 saturated heterocycles. The maximum atomic E-state index is 13.0. The number of fused-ring (bicyclic) bond motifs is 1. The molecule has 0 radical (unpaired) electrons. The van der Waals surface area contributed by atoms with Crippen molar-refractivity contribution in [3.8, 4) is 0 Å². The molecule has 134 valence electrons. The Morgan fingerprint density at radius 3 is 2.58 bits per heavy atom. The summed E-state index contributed by atoms with van der Waals surface area (Å²) in [6.07, 6.45) is 3.10. The number of piperidine rings is 1. The summed E-state index contributed by atoms with van der Waals surface area (Å²) in [4.78, 5) is 18.0. The van der Waals surface area contributed by atoms with E-state index in [-0.39, 0.29) is 5.91 Å². The lowest BCUT2D eigenvalue weighted by molar-refractivity contribution is -0.121. The lowest BCUT2D eigenvalue weighted by Gasteiger charge is -2.32. The Hall–Kier alpha value is -2.17. The first-order valence-electron chi connectivity index (χ1n) is 9.11. The molecule has 2 aromatic rings. The second-order valence-corrected chi connectivity index (χ2v) is 7.41. The van der Waals surface area contributed by atoms with Crippen LogP contribution in [0.5, 0.6) is 0 Å². The van der Waals surface area contributed by atoms with Crippen molar-refractivity contribution in [1.82, 2.24) is 5.32 Å². The van der Waals surface area contributed by atoms with E-state index in [0.29, 0.717) is 5.02 Å². The molecular formula is C21H22ClN3O. The number of amides is 1. The second kappa shape index (κ2) is 7.22. The summed E-state index contributed by atoms with van der Waals surface area (Å²) in [6, 6.07) is 16.0. The standard InChI is InChI=1S/C21H22ClN3O/c22-16-7-9-18-17(14-16)19(8-6-15-4-2-1-3-5-15)25-21(20(26)24-18)10-12-23-13-11-21/h1-5,7,9,14,23H,6,8,10-13H2,(H,24,26). The molecule has 1 amide bonds. The molecule has 1 fully saturated rings. The van der Waals surface area contributed by atoms with Crippen molar-refractivity contribution in [3.05, 3.63) is 64.7 Å². The summed E-state index contributed by atoms with van der Waals surface area (Å²) >= 11 is 6.25. The van der Waals surface area contributed by atoms with Crippen LogP contribution in [0, 0.1) is 0 Å². The largest absolute Gasteiger partial charge is 0.323 e. The number of hydrogen-bond acceptors (Lipinski definition) is 3. The van der Waals surface area contributed by atoms with Crippen molar-refractivity contribution in [2.75, 3.05) is 18.4 Å². The molecule has 2 heterocycles. The molecule has 2 N–H and O–H groups in total. The van der Waals surface area contributed by atoms with Gasteiger partial charge in [0.15, 0.2) is 0 Å². The fraction of sp³-hybridized carbons (Fsp3) is 0.333. The van der Waals surface area contributed by atoms with Gasteiger partial charge < -0.3 is 10.6 Å². The fourth-order valence-electron chi connectivity index (χ4n) is 3.75. The van der Waals surface area contributed by atoms with Crippen LogP contribution in [0.3, 0.4) is 0 Å². The number of nitrogens with zero attached hydrogens (tertiary/aromatic N) is 1. The van der Waals surface area contributed by atoms with Crippen LogP contribution >= 0.6 is 11.6 Å². The Labute approximate surface area is 158 Å². The smallest absolute Gasteiger partial charge is 0.252 e. The quantitative estimate of drug-likeness (QED) is 0.866. The number of rotatable bonds is 3. The molecule has 0 bridgehead atoms. The fourth-order valence-corrected chi connectivity index (χ4v) is 3.92. The van der Waals surface area contributed by atoms with E-state index in [0.717, 1.165) is 55.7 Å². The zero-order valence-electron chi connectivity index (χ0n) is 14.6. The van der Waals surface area contributed by atoms with Crippen LogP contribution in [-0.2, 0) is 11.2 Å². The van der Waals surface area contributed by atoms with Crippen LogP contribution in [0.1, 0.15) is 30.4 Å². The van der Waals surface area contributed by atoms with E-state index in [9.17, 15) is 4.79 Å². The second-order valence-electron chi connectivity index (χ2n) is 6.97. The summed E-state index contributed by atoms with van der Waals surface area (Å²) in [5, 5.41) is 7.09. The average Bonchev–Trinajstić information content (AvgIpc) is 2.77. The van der Waals surface area contributed by atoms with Crippen LogP contribution in [-0.4, -0.2) is 30.2 Å². The summed E-state index contributed by atoms with van der Waals surface area (Å²) in [7, 11) is 0. The first kappa shape index (κ1) is 17.3. The van der Waals surface area contributed by atoms with Gasteiger partial charge in [-0.3, -0.25) is 9.79 Å². The number of benzene rings is 2. The molecular weight excluding hydrogens is 346 g/mol. The molecule has 0 saturated carbocycles. The van der Waals surface area contributed by atoms with E-state index in [1.165, 1.54) is 5.56 Å². The Kier molecular flexibility index (Phi) is 4.79. The van der Waals surface area contributed by atoms with E-state index in [2.05, 4.69) is 34.9 Å². The van der Waals surface area contributed by atoms with Crippen molar-refractivity contribution in [2.24, 2.45) is 4.99 Å². The Balaban J connectivity index is 1.73. The molecule has 0 aliphatic carbocycles. The number of anilines is 1. The van der Waals surface area contributed by atoms with Gasteiger partial charge in [0.1, 0.15) is 5.54 Å². The number of nitrogens with one attached hydrogen (secondary N) is 2. The zero-order chi connectivity index (χ0) is 18.0. The first-order chi connectivity index (χ1) is 12.7. The van der Waals surface area contributed by atoms with Crippen molar-refractivity contribution < 1.29 is 4.79 Å². The predicted molar refractivity (Wildman–Crippen MR) is 106 cm³/mol. The van der Waals surface area contributed by atoms with Crippen LogP contribution in [0.25, 0.3) is 0 Å². The van der Waals surface area contributed by atoms with Gasteiger partial charge in [0, 0.05) is 22.0 Å². The van der Waals surface area contributed by atoms with Crippen molar-refractivity contribution in [1.29, 1.82) is 0 Å². The van der Waals surface area contributed by atoms with Gasteiger partial charge in [-0.05, 0) is 62.5 Å². The predicted octanol–water partition coefficient (Wildman–Crippen LogP) is 3.84. The summed E-state index contributed by atoms with van der Waals surface area (Å²) in [5.74, 6) is -0.00252. The van der Waals surface area contributed by atoms with E-state index in [4.69, 9.17) is 16.6 Å². The van der Waals surface area contributed by atoms with E-state index in [1.807, 2.05) is 24.3 Å². The number of halogens is 1. The zero-order valence-corrected chi connectivity index (χ0v) is 15.4. The SMILES string of the molecule is O=C1Nc2ccc(Cl)cc2C(CCc2ccccc2)=NC12CCNCC2. The molecule has 4 nitrogen and oxygen atoms in total. The number of aliphatic imine (C=N–C) groups is 1. The third-order valence-corrected chi connectivity index (χ3v) is 5.47. The molecule has 2 aliphatic rings. The summed E-state index contributed by atoms with van der Waals surface area (Å²) in [6.45, 7) is 1.61. The van der Waals surface area contributed by atoms with E-state index >= 15 is 0 Å². The van der Waals surface area contributed by atoms with Crippen molar-refractivity contribution in [3.63, 3.8) is 0 Å². The number of hydrogen-bond donors (Lipinski definition) is 2. The lowest BCUT2D eigenvalue weighted by atomic mass is 9.87. The number of aryl methyl sites for hydroxylation is 1. The Morgan fingerprint density at radius 2 is 1.81 bits per heavy atom. The van der Waals surface area contributed by atoms with Gasteiger partial charge in [-0.2, -0.15) is 0 Å². The molecule has 5 heteroatoms. The van der Waals surface area contributed by atoms with Gasteiger partial charge in [0.25, 0.3) is 5.91 Å². The molecule has 0 unspecified atom stereocenters. The molecule has 4 rings (SSSR count). The summed E-state index contributed by atoms with van der Waals surface area (Å²) < 4.78 is 0. The van der Waals surface area contributed by atoms with Gasteiger partial charge in [0.2, 0.25) is 0 Å². The highest BCUT2D eigenvalue weighted by atomic mass is 35.5. The summed E-state index contributed by atoms with van der Waals surface area (Å²) in [5.41, 5.74) is 3.30. The lowest BCUT2D eigenvalue weighted by Crippen LogP contribution is -2.49. The normalized spacial score (nSPS) is 18.7. The van der Waals surface area contributed by atoms with Gasteiger partial charge in [0.05, 0.1) is 0 Å². The van der Waals surface area contributed by atoms with Crippen LogP contribution in [0.15, 0.2) is 53.5 Å². The molecule has 2 aromatic carbocycles. The topological polar surface area (TPSA) is 53.5 Å². The molecule has 26 heavy (non-hydrogen) atoms. The van der Waals surface area contributed by atoms with Crippen molar-refractivity contribution in [2.45, 2.75) is 31.2 Å². The van der Waals surface area contributed by atoms with Crippen LogP contribution in [0.2, 0.25) is 5.02 Å². The van der Waals surface area contributed by atoms with E-state index in [1.54, 1.807) is 0 Å². The molecule has 1 spiro atoms. The number of carbonyl (C=O) groups excluding carboxylic acids is 1. The minimum absolute atomic E-state index is 0.00252. The van der Waals surface area contributed by atoms with Gasteiger partial charge in [-0.15, -0.1) is 0 Å². The highest BCUT2D eigenvalue weighted by molar-refractivity contribution is 6.31. The maximum Gasteiger partial charge on any atom is 0.252 e. The minimum Gasteiger partial charge on any atom is -0.323 e. The minimum atomic E-state index is -0.678. The van der Waals surface area contributed by atoms with Crippen molar-refractivity contribution >= 4 is 28.9 Å². The molecule has 0 aromatic heterocycles. The van der Waals surface area contributed by atoms with Gasteiger partial charge in [-0.1, -0.05) is 41.9 Å². The molecule has 0 atom stereocenters. The van der Waals surface area contributed by atoms with Gasteiger partial charge >= 0.3 is 0 Å².